The number of fused-ring (bicyclic) bond motifs is 1. The quantitative estimate of drug-likeness (QED) is 0.359. The van der Waals surface area contributed by atoms with Gasteiger partial charge in [-0.05, 0) is 12.8 Å². The van der Waals surface area contributed by atoms with E-state index >= 15 is 0 Å². The van der Waals surface area contributed by atoms with Crippen LogP contribution < -0.4 is 9.47 Å². The van der Waals surface area contributed by atoms with Crippen LogP contribution in [0, 0.1) is 0 Å². The van der Waals surface area contributed by atoms with E-state index in [2.05, 4.69) is 13.8 Å². The zero-order valence-corrected chi connectivity index (χ0v) is 17.9. The van der Waals surface area contributed by atoms with E-state index in [1.807, 2.05) is 0 Å². The summed E-state index contributed by atoms with van der Waals surface area (Å²) in [7, 11) is 0. The number of hydrogen-bond acceptors (Lipinski definition) is 4. The van der Waals surface area contributed by atoms with E-state index in [0.717, 1.165) is 51.4 Å². The predicted molar refractivity (Wildman–Crippen MR) is 117 cm³/mol. The average Bonchev–Trinajstić information content (AvgIpc) is 2.73. The van der Waals surface area contributed by atoms with Gasteiger partial charge in [-0.15, -0.1) is 0 Å². The van der Waals surface area contributed by atoms with Crippen LogP contribution in [0.1, 0.15) is 85.9 Å². The fourth-order valence-corrected chi connectivity index (χ4v) is 3.49. The van der Waals surface area contributed by atoms with Crippen molar-refractivity contribution in [2.75, 3.05) is 13.2 Å². The number of benzene rings is 2. The Balaban J connectivity index is 2.49. The smallest absolute Gasteiger partial charge is 0.340 e. The third kappa shape index (κ3) is 5.88. The highest BCUT2D eigenvalue weighted by atomic mass is 16.5. The van der Waals surface area contributed by atoms with Crippen molar-refractivity contribution in [3.63, 3.8) is 0 Å². The van der Waals surface area contributed by atoms with Gasteiger partial charge in [-0.1, -0.05) is 76.6 Å². The minimum absolute atomic E-state index is 0.102. The number of rotatable bonds is 14. The van der Waals surface area contributed by atoms with Crippen LogP contribution >= 0.6 is 0 Å². The van der Waals surface area contributed by atoms with Crippen molar-refractivity contribution in [3.8, 4) is 11.5 Å². The standard InChI is InChI=1S/C24H32O6/c1-3-5-7-11-15-29-21-17-13-9-10-14-18(17)22(30-16-12-8-6-4-2)20(24(27)28)19(21)23(25)26/h9-10,13-14H,3-8,11-12,15-16H2,1-2H3,(H,25,26)(H,27,28). The van der Waals surface area contributed by atoms with E-state index in [1.54, 1.807) is 24.3 Å². The third-order valence-electron chi connectivity index (χ3n) is 5.04. The van der Waals surface area contributed by atoms with Crippen LogP contribution in [0.3, 0.4) is 0 Å². The Kier molecular flexibility index (Phi) is 9.45. The van der Waals surface area contributed by atoms with Crippen molar-refractivity contribution >= 4 is 22.7 Å². The summed E-state index contributed by atoms with van der Waals surface area (Å²) in [5.41, 5.74) is -0.694. The van der Waals surface area contributed by atoms with Crippen molar-refractivity contribution in [1.29, 1.82) is 0 Å². The highest BCUT2D eigenvalue weighted by molar-refractivity contribution is 6.13. The van der Waals surface area contributed by atoms with Gasteiger partial charge >= 0.3 is 11.9 Å². The Labute approximate surface area is 177 Å². The maximum atomic E-state index is 12.1. The summed E-state index contributed by atoms with van der Waals surface area (Å²) in [5, 5.41) is 20.8. The summed E-state index contributed by atoms with van der Waals surface area (Å²) < 4.78 is 11.7. The molecule has 2 rings (SSSR count). The number of carboxylic acid groups (broad SMARTS) is 2. The van der Waals surface area contributed by atoms with E-state index < -0.39 is 11.9 Å². The monoisotopic (exact) mass is 416 g/mol. The first-order chi connectivity index (χ1) is 14.5. The molecule has 30 heavy (non-hydrogen) atoms. The SMILES string of the molecule is CCCCCCOc1c(C(=O)O)c(C(=O)O)c(OCCCCCC)c2ccccc12. The normalized spacial score (nSPS) is 10.9. The molecule has 0 heterocycles. The number of aromatic carboxylic acids is 2. The molecule has 0 aromatic heterocycles. The molecule has 2 aromatic carbocycles. The molecular formula is C24H32O6. The fraction of sp³-hybridized carbons (Fsp3) is 0.500. The predicted octanol–water partition coefficient (Wildman–Crippen LogP) is 6.15. The molecule has 0 saturated heterocycles. The molecule has 0 atom stereocenters. The summed E-state index contributed by atoms with van der Waals surface area (Å²) in [6, 6.07) is 7.06. The topological polar surface area (TPSA) is 93.1 Å². The van der Waals surface area contributed by atoms with Gasteiger partial charge in [0.15, 0.2) is 0 Å². The second kappa shape index (κ2) is 12.1. The lowest BCUT2D eigenvalue weighted by atomic mass is 9.97. The summed E-state index contributed by atoms with van der Waals surface area (Å²) in [6.45, 7) is 4.88. The highest BCUT2D eigenvalue weighted by Gasteiger charge is 2.30. The number of unbranched alkanes of at least 4 members (excludes halogenated alkanes) is 6. The minimum atomic E-state index is -1.34. The van der Waals surface area contributed by atoms with Gasteiger partial charge in [0.1, 0.15) is 22.6 Å². The maximum Gasteiger partial charge on any atom is 0.340 e. The van der Waals surface area contributed by atoms with Gasteiger partial charge in [-0.2, -0.15) is 0 Å². The van der Waals surface area contributed by atoms with Gasteiger partial charge in [0.25, 0.3) is 0 Å². The zero-order chi connectivity index (χ0) is 21.9. The minimum Gasteiger partial charge on any atom is -0.492 e. The summed E-state index contributed by atoms with van der Waals surface area (Å²) in [6.07, 6.45) is 7.80. The lowest BCUT2D eigenvalue weighted by Crippen LogP contribution is -2.15. The highest BCUT2D eigenvalue weighted by Crippen LogP contribution is 2.41. The van der Waals surface area contributed by atoms with Crippen molar-refractivity contribution < 1.29 is 29.3 Å². The molecule has 164 valence electrons. The van der Waals surface area contributed by atoms with Crippen LogP contribution in [-0.4, -0.2) is 35.4 Å². The second-order valence-corrected chi connectivity index (χ2v) is 7.38. The van der Waals surface area contributed by atoms with Crippen molar-refractivity contribution in [3.05, 3.63) is 35.4 Å². The molecule has 0 fully saturated rings. The van der Waals surface area contributed by atoms with Gasteiger partial charge in [0, 0.05) is 10.8 Å². The lowest BCUT2D eigenvalue weighted by molar-refractivity contribution is 0.0643. The molecule has 0 aliphatic heterocycles. The Bertz CT molecular complexity index is 788. The molecule has 0 amide bonds. The molecule has 0 unspecified atom stereocenters. The molecule has 6 heteroatoms. The summed E-state index contributed by atoms with van der Waals surface area (Å²) in [4.78, 5) is 24.2. The Hall–Kier alpha value is -2.76. The molecule has 0 aliphatic rings. The van der Waals surface area contributed by atoms with E-state index in [4.69, 9.17) is 9.47 Å². The van der Waals surface area contributed by atoms with Gasteiger partial charge in [-0.3, -0.25) is 0 Å². The number of ether oxygens (including phenoxy) is 2. The van der Waals surface area contributed by atoms with E-state index in [-0.39, 0.29) is 22.6 Å². The van der Waals surface area contributed by atoms with E-state index in [1.165, 1.54) is 0 Å². The first-order valence-electron chi connectivity index (χ1n) is 10.8. The Morgan fingerprint density at radius 2 is 1.10 bits per heavy atom. The Morgan fingerprint density at radius 1 is 0.700 bits per heavy atom. The number of hydrogen-bond donors (Lipinski definition) is 2. The van der Waals surface area contributed by atoms with Crippen LogP contribution in [0.25, 0.3) is 10.8 Å². The maximum absolute atomic E-state index is 12.1. The molecule has 0 radical (unpaired) electrons. The fourth-order valence-electron chi connectivity index (χ4n) is 3.49. The average molecular weight is 417 g/mol. The van der Waals surface area contributed by atoms with Gasteiger partial charge < -0.3 is 19.7 Å². The summed E-state index contributed by atoms with van der Waals surface area (Å²) in [5.74, 6) is -2.47. The van der Waals surface area contributed by atoms with E-state index in [9.17, 15) is 19.8 Å². The molecule has 0 spiro atoms. The second-order valence-electron chi connectivity index (χ2n) is 7.38. The Morgan fingerprint density at radius 3 is 1.43 bits per heavy atom. The van der Waals surface area contributed by atoms with Crippen LogP contribution in [0.4, 0.5) is 0 Å². The molecule has 6 nitrogen and oxygen atoms in total. The van der Waals surface area contributed by atoms with Crippen molar-refractivity contribution in [2.45, 2.75) is 65.2 Å². The van der Waals surface area contributed by atoms with Crippen molar-refractivity contribution in [2.24, 2.45) is 0 Å². The van der Waals surface area contributed by atoms with Gasteiger partial charge in [0.05, 0.1) is 13.2 Å². The van der Waals surface area contributed by atoms with Crippen LogP contribution in [-0.2, 0) is 0 Å². The van der Waals surface area contributed by atoms with Crippen LogP contribution in [0.5, 0.6) is 11.5 Å². The van der Waals surface area contributed by atoms with Crippen LogP contribution in [0.2, 0.25) is 0 Å². The first kappa shape index (κ1) is 23.5. The first-order valence-corrected chi connectivity index (χ1v) is 10.8. The van der Waals surface area contributed by atoms with Crippen molar-refractivity contribution in [1.82, 2.24) is 0 Å². The van der Waals surface area contributed by atoms with Gasteiger partial charge in [-0.25, -0.2) is 9.59 Å². The molecular weight excluding hydrogens is 384 g/mol. The molecule has 2 N–H and O–H groups in total. The lowest BCUT2D eigenvalue weighted by Gasteiger charge is -2.19. The largest absolute Gasteiger partial charge is 0.492 e. The molecule has 2 aromatic rings. The molecule has 0 saturated carbocycles. The molecule has 0 aliphatic carbocycles. The molecule has 0 bridgehead atoms. The third-order valence-corrected chi connectivity index (χ3v) is 5.04. The van der Waals surface area contributed by atoms with E-state index in [0.29, 0.717) is 24.0 Å². The van der Waals surface area contributed by atoms with Crippen LogP contribution in [0.15, 0.2) is 24.3 Å². The number of carboxylic acids is 2. The zero-order valence-electron chi connectivity index (χ0n) is 17.9. The van der Waals surface area contributed by atoms with Gasteiger partial charge in [0.2, 0.25) is 0 Å². The summed E-state index contributed by atoms with van der Waals surface area (Å²) >= 11 is 0. The number of carbonyl (C=O) groups is 2.